The van der Waals surface area contributed by atoms with Gasteiger partial charge in [0.2, 0.25) is 11.9 Å². The molecule has 1 aromatic carbocycles. The van der Waals surface area contributed by atoms with Crippen molar-refractivity contribution in [1.29, 1.82) is 0 Å². The van der Waals surface area contributed by atoms with Crippen LogP contribution in [0.2, 0.25) is 0 Å². The van der Waals surface area contributed by atoms with Crippen LogP contribution in [0.25, 0.3) is 0 Å². The highest BCUT2D eigenvalue weighted by atomic mass is 16.2. The molecular weight excluding hydrogens is 282 g/mol. The van der Waals surface area contributed by atoms with Crippen molar-refractivity contribution < 1.29 is 9.59 Å². The highest BCUT2D eigenvalue weighted by molar-refractivity contribution is 6.00. The lowest BCUT2D eigenvalue weighted by Crippen LogP contribution is -2.42. The summed E-state index contributed by atoms with van der Waals surface area (Å²) in [4.78, 5) is 30.2. The van der Waals surface area contributed by atoms with Gasteiger partial charge in [-0.25, -0.2) is 4.68 Å². The lowest BCUT2D eigenvalue weighted by atomic mass is 9.99. The Morgan fingerprint density at radius 1 is 1.36 bits per heavy atom. The molecule has 7 nitrogen and oxygen atoms in total. The van der Waals surface area contributed by atoms with Gasteiger partial charge in [-0.3, -0.25) is 14.9 Å². The number of nitrogens with zero attached hydrogens (tertiary/aromatic N) is 4. The first kappa shape index (κ1) is 14.2. The number of anilines is 1. The molecule has 1 aliphatic rings. The molecule has 2 amide bonds. The van der Waals surface area contributed by atoms with Crippen LogP contribution in [-0.2, 0) is 18.3 Å². The molecule has 2 heterocycles. The third-order valence-corrected chi connectivity index (χ3v) is 3.64. The topological polar surface area (TPSA) is 80.1 Å². The van der Waals surface area contributed by atoms with Gasteiger partial charge in [0.05, 0.1) is 0 Å². The summed E-state index contributed by atoms with van der Waals surface area (Å²) >= 11 is 0. The number of carbonyl (C=O) groups is 2. The number of hydrogen-bond acceptors (Lipinski definition) is 4. The van der Waals surface area contributed by atoms with Crippen molar-refractivity contribution in [2.24, 2.45) is 7.05 Å². The van der Waals surface area contributed by atoms with Gasteiger partial charge in [0.15, 0.2) is 0 Å². The Labute approximate surface area is 127 Å². The summed E-state index contributed by atoms with van der Waals surface area (Å²) in [5, 5.41) is 6.75. The van der Waals surface area contributed by atoms with Crippen LogP contribution in [0.1, 0.15) is 21.7 Å². The highest BCUT2D eigenvalue weighted by Crippen LogP contribution is 2.18. The SMILES string of the molecule is Cc1nc(NC(=O)CN2CCc3ccccc3C2=O)n(C)n1. The van der Waals surface area contributed by atoms with Crippen molar-refractivity contribution in [2.75, 3.05) is 18.4 Å². The molecule has 0 aliphatic carbocycles. The van der Waals surface area contributed by atoms with Gasteiger partial charge in [-0.15, -0.1) is 0 Å². The van der Waals surface area contributed by atoms with Crippen molar-refractivity contribution in [3.63, 3.8) is 0 Å². The summed E-state index contributed by atoms with van der Waals surface area (Å²) < 4.78 is 1.50. The summed E-state index contributed by atoms with van der Waals surface area (Å²) in [6.45, 7) is 2.31. The van der Waals surface area contributed by atoms with E-state index in [1.54, 1.807) is 24.9 Å². The number of aromatic nitrogens is 3. The van der Waals surface area contributed by atoms with E-state index >= 15 is 0 Å². The van der Waals surface area contributed by atoms with Gasteiger partial charge >= 0.3 is 0 Å². The van der Waals surface area contributed by atoms with Crippen molar-refractivity contribution in [1.82, 2.24) is 19.7 Å². The van der Waals surface area contributed by atoms with E-state index in [2.05, 4.69) is 15.4 Å². The number of carbonyl (C=O) groups excluding carboxylic acids is 2. The second-order valence-electron chi connectivity index (χ2n) is 5.29. The van der Waals surface area contributed by atoms with Gasteiger partial charge in [-0.05, 0) is 25.0 Å². The van der Waals surface area contributed by atoms with E-state index in [1.165, 1.54) is 4.68 Å². The first-order chi connectivity index (χ1) is 10.5. The summed E-state index contributed by atoms with van der Waals surface area (Å²) in [6.07, 6.45) is 0.762. The van der Waals surface area contributed by atoms with Crippen LogP contribution >= 0.6 is 0 Å². The zero-order valence-electron chi connectivity index (χ0n) is 12.5. The molecule has 1 aromatic heterocycles. The second kappa shape index (κ2) is 5.59. The fourth-order valence-corrected chi connectivity index (χ4v) is 2.58. The molecule has 0 fully saturated rings. The van der Waals surface area contributed by atoms with Crippen LogP contribution in [0.3, 0.4) is 0 Å². The molecule has 1 N–H and O–H groups in total. The fraction of sp³-hybridized carbons (Fsp3) is 0.333. The summed E-state index contributed by atoms with van der Waals surface area (Å²) in [7, 11) is 1.71. The van der Waals surface area contributed by atoms with Crippen molar-refractivity contribution in [3.8, 4) is 0 Å². The first-order valence-electron chi connectivity index (χ1n) is 7.09. The van der Waals surface area contributed by atoms with Crippen LogP contribution in [0.4, 0.5) is 5.95 Å². The maximum Gasteiger partial charge on any atom is 0.254 e. The number of nitrogens with one attached hydrogen (secondary N) is 1. The Morgan fingerprint density at radius 2 is 2.14 bits per heavy atom. The Balaban J connectivity index is 1.68. The maximum absolute atomic E-state index is 12.4. The van der Waals surface area contributed by atoms with Crippen molar-refractivity contribution >= 4 is 17.8 Å². The Hall–Kier alpha value is -2.70. The predicted octanol–water partition coefficient (Wildman–Crippen LogP) is 0.761. The summed E-state index contributed by atoms with van der Waals surface area (Å²) in [5.41, 5.74) is 1.71. The van der Waals surface area contributed by atoms with Gasteiger partial charge in [-0.2, -0.15) is 10.1 Å². The van der Waals surface area contributed by atoms with Crippen LogP contribution in [0, 0.1) is 6.92 Å². The van der Waals surface area contributed by atoms with E-state index in [1.807, 2.05) is 18.2 Å². The maximum atomic E-state index is 12.4. The molecule has 7 heteroatoms. The van der Waals surface area contributed by atoms with E-state index in [0.717, 1.165) is 12.0 Å². The molecule has 22 heavy (non-hydrogen) atoms. The zero-order valence-corrected chi connectivity index (χ0v) is 12.5. The van der Waals surface area contributed by atoms with Gasteiger partial charge in [0.25, 0.3) is 5.91 Å². The molecule has 0 radical (unpaired) electrons. The molecule has 0 atom stereocenters. The second-order valence-corrected chi connectivity index (χ2v) is 5.29. The smallest absolute Gasteiger partial charge is 0.254 e. The minimum absolute atomic E-state index is 0.0130. The molecule has 114 valence electrons. The molecule has 1 aliphatic heterocycles. The molecule has 0 saturated carbocycles. The quantitative estimate of drug-likeness (QED) is 0.907. The third-order valence-electron chi connectivity index (χ3n) is 3.64. The number of amides is 2. The molecule has 0 unspecified atom stereocenters. The van der Waals surface area contributed by atoms with Gasteiger partial charge in [0.1, 0.15) is 12.4 Å². The summed E-state index contributed by atoms with van der Waals surface area (Å²) in [5.74, 6) is 0.586. The van der Waals surface area contributed by atoms with Gasteiger partial charge in [-0.1, -0.05) is 18.2 Å². The van der Waals surface area contributed by atoms with E-state index in [-0.39, 0.29) is 18.4 Å². The lowest BCUT2D eigenvalue weighted by molar-refractivity contribution is -0.117. The van der Waals surface area contributed by atoms with Gasteiger partial charge in [0, 0.05) is 19.2 Å². The number of benzene rings is 1. The normalized spacial score (nSPS) is 13.9. The van der Waals surface area contributed by atoms with Crippen LogP contribution in [0.15, 0.2) is 24.3 Å². The summed E-state index contributed by atoms with van der Waals surface area (Å²) in [6, 6.07) is 7.51. The van der Waals surface area contributed by atoms with E-state index in [9.17, 15) is 9.59 Å². The predicted molar refractivity (Wildman–Crippen MR) is 80.4 cm³/mol. The third kappa shape index (κ3) is 2.69. The Kier molecular flexibility index (Phi) is 3.62. The van der Waals surface area contributed by atoms with Crippen molar-refractivity contribution in [3.05, 3.63) is 41.2 Å². The lowest BCUT2D eigenvalue weighted by Gasteiger charge is -2.27. The van der Waals surface area contributed by atoms with Crippen LogP contribution < -0.4 is 5.32 Å². The minimum Gasteiger partial charge on any atom is -0.329 e. The largest absolute Gasteiger partial charge is 0.329 e. The average molecular weight is 299 g/mol. The van der Waals surface area contributed by atoms with E-state index in [4.69, 9.17) is 0 Å². The molecular formula is C15H17N5O2. The number of rotatable bonds is 3. The average Bonchev–Trinajstić information content (AvgIpc) is 2.80. The first-order valence-corrected chi connectivity index (χ1v) is 7.09. The Bertz CT molecular complexity index is 737. The standard InChI is InChI=1S/C15H17N5O2/c1-10-16-15(19(2)18-10)17-13(21)9-20-8-7-11-5-3-4-6-12(11)14(20)22/h3-6H,7-9H2,1-2H3,(H,16,17,18,21). The highest BCUT2D eigenvalue weighted by Gasteiger charge is 2.25. The van der Waals surface area contributed by atoms with Gasteiger partial charge < -0.3 is 4.90 Å². The van der Waals surface area contributed by atoms with Crippen LogP contribution in [-0.4, -0.2) is 44.6 Å². The number of fused-ring (bicyclic) bond motifs is 1. The van der Waals surface area contributed by atoms with E-state index in [0.29, 0.717) is 23.9 Å². The fourth-order valence-electron chi connectivity index (χ4n) is 2.58. The molecule has 0 bridgehead atoms. The van der Waals surface area contributed by atoms with Crippen molar-refractivity contribution in [2.45, 2.75) is 13.3 Å². The zero-order chi connectivity index (χ0) is 15.7. The molecule has 2 aromatic rings. The molecule has 3 rings (SSSR count). The molecule has 0 spiro atoms. The molecule has 0 saturated heterocycles. The Morgan fingerprint density at radius 3 is 2.86 bits per heavy atom. The monoisotopic (exact) mass is 299 g/mol. The minimum atomic E-state index is -0.275. The van der Waals surface area contributed by atoms with Crippen LogP contribution in [0.5, 0.6) is 0 Å². The van der Waals surface area contributed by atoms with E-state index < -0.39 is 0 Å². The number of aryl methyl sites for hydroxylation is 2. The number of hydrogen-bond donors (Lipinski definition) is 1.